The van der Waals surface area contributed by atoms with E-state index >= 15 is 0 Å². The molecule has 0 heterocycles. The maximum Gasteiger partial charge on any atom is 0.312 e. The molecule has 2 rings (SSSR count). The van der Waals surface area contributed by atoms with Crippen molar-refractivity contribution < 1.29 is 19.6 Å². The second-order valence-corrected chi connectivity index (χ2v) is 4.01. The van der Waals surface area contributed by atoms with Gasteiger partial charge >= 0.3 is 5.69 Å². The SMILES string of the molecule is O=Cc1ccc(Oc2ccc(CO)cc2)c([N+](=O)[O-])c1. The number of benzene rings is 2. The molecule has 2 aromatic carbocycles. The van der Waals surface area contributed by atoms with Crippen LogP contribution in [0.2, 0.25) is 0 Å². The van der Waals surface area contributed by atoms with E-state index in [9.17, 15) is 14.9 Å². The molecule has 0 aliphatic carbocycles. The topological polar surface area (TPSA) is 89.7 Å². The van der Waals surface area contributed by atoms with Crippen molar-refractivity contribution in [3.8, 4) is 11.5 Å². The minimum atomic E-state index is -0.607. The number of aliphatic hydroxyl groups is 1. The fourth-order valence-electron chi connectivity index (χ4n) is 1.63. The highest BCUT2D eigenvalue weighted by Gasteiger charge is 2.16. The predicted molar refractivity (Wildman–Crippen MR) is 70.9 cm³/mol. The second-order valence-electron chi connectivity index (χ2n) is 4.01. The molecule has 0 fully saturated rings. The third kappa shape index (κ3) is 2.99. The summed E-state index contributed by atoms with van der Waals surface area (Å²) in [4.78, 5) is 21.0. The first-order chi connectivity index (χ1) is 9.63. The van der Waals surface area contributed by atoms with Gasteiger partial charge in [-0.15, -0.1) is 0 Å². The number of carbonyl (C=O) groups is 1. The lowest BCUT2D eigenvalue weighted by molar-refractivity contribution is -0.385. The van der Waals surface area contributed by atoms with Crippen LogP contribution in [0.3, 0.4) is 0 Å². The van der Waals surface area contributed by atoms with Crippen molar-refractivity contribution in [1.82, 2.24) is 0 Å². The number of ether oxygens (including phenoxy) is 1. The first-order valence-electron chi connectivity index (χ1n) is 5.75. The molecule has 6 heteroatoms. The molecule has 0 spiro atoms. The highest BCUT2D eigenvalue weighted by Crippen LogP contribution is 2.31. The Labute approximate surface area is 114 Å². The molecule has 102 valence electrons. The van der Waals surface area contributed by atoms with E-state index in [1.54, 1.807) is 24.3 Å². The van der Waals surface area contributed by atoms with Crippen LogP contribution in [0.15, 0.2) is 42.5 Å². The van der Waals surface area contributed by atoms with E-state index in [4.69, 9.17) is 9.84 Å². The van der Waals surface area contributed by atoms with E-state index in [0.717, 1.165) is 6.07 Å². The molecule has 2 aromatic rings. The number of aldehydes is 1. The Kier molecular flexibility index (Phi) is 4.07. The van der Waals surface area contributed by atoms with Gasteiger partial charge in [0.1, 0.15) is 12.0 Å². The molecule has 0 amide bonds. The van der Waals surface area contributed by atoms with Gasteiger partial charge in [0.15, 0.2) is 0 Å². The molecule has 0 saturated heterocycles. The third-order valence-electron chi connectivity index (χ3n) is 2.65. The van der Waals surface area contributed by atoms with E-state index in [-0.39, 0.29) is 23.6 Å². The molecular weight excluding hydrogens is 262 g/mol. The molecule has 6 nitrogen and oxygen atoms in total. The Hall–Kier alpha value is -2.73. The fraction of sp³-hybridized carbons (Fsp3) is 0.0714. The number of nitrogens with zero attached hydrogens (tertiary/aromatic N) is 1. The van der Waals surface area contributed by atoms with E-state index < -0.39 is 4.92 Å². The van der Waals surface area contributed by atoms with Crippen molar-refractivity contribution in [2.45, 2.75) is 6.61 Å². The molecule has 20 heavy (non-hydrogen) atoms. The van der Waals surface area contributed by atoms with Crippen LogP contribution in [0.4, 0.5) is 5.69 Å². The van der Waals surface area contributed by atoms with Crippen molar-refractivity contribution >= 4 is 12.0 Å². The summed E-state index contributed by atoms with van der Waals surface area (Å²) < 4.78 is 5.43. The highest BCUT2D eigenvalue weighted by atomic mass is 16.6. The summed E-state index contributed by atoms with van der Waals surface area (Å²) in [6.07, 6.45) is 0.535. The largest absolute Gasteiger partial charge is 0.450 e. The summed E-state index contributed by atoms with van der Waals surface area (Å²) in [5, 5.41) is 19.9. The van der Waals surface area contributed by atoms with E-state index in [1.807, 2.05) is 0 Å². The van der Waals surface area contributed by atoms with Crippen molar-refractivity contribution in [1.29, 1.82) is 0 Å². The summed E-state index contributed by atoms with van der Waals surface area (Å²) in [5.41, 5.74) is 0.642. The van der Waals surface area contributed by atoms with Crippen LogP contribution < -0.4 is 4.74 Å². The van der Waals surface area contributed by atoms with E-state index in [0.29, 0.717) is 17.6 Å². The Morgan fingerprint density at radius 3 is 2.45 bits per heavy atom. The van der Waals surface area contributed by atoms with Gasteiger partial charge < -0.3 is 9.84 Å². The van der Waals surface area contributed by atoms with Gasteiger partial charge in [-0.1, -0.05) is 12.1 Å². The lowest BCUT2D eigenvalue weighted by atomic mass is 10.2. The van der Waals surface area contributed by atoms with Gasteiger partial charge in [0.05, 0.1) is 11.5 Å². The molecule has 0 radical (unpaired) electrons. The van der Waals surface area contributed by atoms with Gasteiger partial charge in [-0.05, 0) is 29.8 Å². The maximum atomic E-state index is 11.0. The average Bonchev–Trinajstić information content (AvgIpc) is 2.48. The van der Waals surface area contributed by atoms with Crippen LogP contribution in [0, 0.1) is 10.1 Å². The molecule has 0 bridgehead atoms. The number of nitro groups is 1. The molecule has 1 N–H and O–H groups in total. The molecule has 0 unspecified atom stereocenters. The normalized spacial score (nSPS) is 10.1. The number of rotatable bonds is 5. The highest BCUT2D eigenvalue weighted by molar-refractivity contribution is 5.77. The smallest absolute Gasteiger partial charge is 0.312 e. The van der Waals surface area contributed by atoms with Crippen LogP contribution in [-0.2, 0) is 6.61 Å². The van der Waals surface area contributed by atoms with Gasteiger partial charge in [-0.25, -0.2) is 0 Å². The van der Waals surface area contributed by atoms with Crippen molar-refractivity contribution in [2.24, 2.45) is 0 Å². The Morgan fingerprint density at radius 1 is 1.20 bits per heavy atom. The zero-order valence-corrected chi connectivity index (χ0v) is 10.4. The fourth-order valence-corrected chi connectivity index (χ4v) is 1.63. The number of aliphatic hydroxyl groups excluding tert-OH is 1. The van der Waals surface area contributed by atoms with Crippen molar-refractivity contribution in [2.75, 3.05) is 0 Å². The van der Waals surface area contributed by atoms with Gasteiger partial charge in [0.25, 0.3) is 0 Å². The summed E-state index contributed by atoms with van der Waals surface area (Å²) in [6.45, 7) is -0.0888. The lowest BCUT2D eigenvalue weighted by Crippen LogP contribution is -1.95. The predicted octanol–water partition coefficient (Wildman–Crippen LogP) is 2.69. The van der Waals surface area contributed by atoms with Crippen LogP contribution in [0.5, 0.6) is 11.5 Å². The molecule has 0 saturated carbocycles. The number of hydrogen-bond acceptors (Lipinski definition) is 5. The summed E-state index contributed by atoms with van der Waals surface area (Å²) in [7, 11) is 0. The molecule has 0 aliphatic rings. The minimum absolute atomic E-state index is 0.0531. The number of nitro benzene ring substituents is 1. The van der Waals surface area contributed by atoms with E-state index in [2.05, 4.69) is 0 Å². The first-order valence-corrected chi connectivity index (χ1v) is 5.75. The quantitative estimate of drug-likeness (QED) is 0.514. The number of hydrogen-bond donors (Lipinski definition) is 1. The summed E-state index contributed by atoms with van der Waals surface area (Å²) >= 11 is 0. The van der Waals surface area contributed by atoms with Gasteiger partial charge in [0.2, 0.25) is 5.75 Å². The van der Waals surface area contributed by atoms with Crippen LogP contribution in [0.1, 0.15) is 15.9 Å². The zero-order chi connectivity index (χ0) is 14.5. The lowest BCUT2D eigenvalue weighted by Gasteiger charge is -2.07. The number of carbonyl (C=O) groups excluding carboxylic acids is 1. The monoisotopic (exact) mass is 273 g/mol. The molecule has 0 atom stereocenters. The first kappa shape index (κ1) is 13.7. The van der Waals surface area contributed by atoms with Crippen LogP contribution >= 0.6 is 0 Å². The molecule has 0 aromatic heterocycles. The Morgan fingerprint density at radius 2 is 1.90 bits per heavy atom. The second kappa shape index (κ2) is 5.94. The standard InChI is InChI=1S/C14H11NO5/c16-8-10-1-4-12(5-2-10)20-14-6-3-11(9-17)7-13(14)15(18)19/h1-7,9,16H,8H2. The van der Waals surface area contributed by atoms with Gasteiger partial charge in [-0.3, -0.25) is 14.9 Å². The summed E-state index contributed by atoms with van der Waals surface area (Å²) in [6, 6.07) is 10.5. The van der Waals surface area contributed by atoms with Gasteiger partial charge in [0, 0.05) is 11.6 Å². The van der Waals surface area contributed by atoms with Gasteiger partial charge in [-0.2, -0.15) is 0 Å². The minimum Gasteiger partial charge on any atom is -0.450 e. The zero-order valence-electron chi connectivity index (χ0n) is 10.4. The van der Waals surface area contributed by atoms with Crippen molar-refractivity contribution in [3.63, 3.8) is 0 Å². The Bertz CT molecular complexity index is 637. The van der Waals surface area contributed by atoms with Crippen LogP contribution in [-0.4, -0.2) is 16.3 Å². The molecule has 0 aliphatic heterocycles. The Balaban J connectivity index is 2.32. The summed E-state index contributed by atoms with van der Waals surface area (Å²) in [5.74, 6) is 0.460. The third-order valence-corrected chi connectivity index (χ3v) is 2.65. The van der Waals surface area contributed by atoms with Crippen molar-refractivity contribution in [3.05, 3.63) is 63.7 Å². The van der Waals surface area contributed by atoms with E-state index in [1.165, 1.54) is 12.1 Å². The molecular formula is C14H11NO5. The average molecular weight is 273 g/mol. The maximum absolute atomic E-state index is 11.0. The van der Waals surface area contributed by atoms with Crippen LogP contribution in [0.25, 0.3) is 0 Å².